The molecule has 106 valence electrons. The van der Waals surface area contributed by atoms with Gasteiger partial charge in [0.1, 0.15) is 0 Å². The topological polar surface area (TPSA) is 80.0 Å². The molecule has 1 heterocycles. The second kappa shape index (κ2) is 8.48. The van der Waals surface area contributed by atoms with E-state index in [0.717, 1.165) is 12.8 Å². The SMILES string of the molecule is CCCCCCC(C)NC(=O)c1ccncc1NN. The lowest BCUT2D eigenvalue weighted by Gasteiger charge is -2.15. The van der Waals surface area contributed by atoms with Gasteiger partial charge in [-0.1, -0.05) is 32.6 Å². The van der Waals surface area contributed by atoms with Crippen molar-refractivity contribution in [2.45, 2.75) is 52.0 Å². The molecule has 0 aliphatic rings. The number of amides is 1. The summed E-state index contributed by atoms with van der Waals surface area (Å²) in [5.41, 5.74) is 3.55. The van der Waals surface area contributed by atoms with Gasteiger partial charge in [0.25, 0.3) is 5.91 Å². The fourth-order valence-electron chi connectivity index (χ4n) is 1.96. The number of nitrogens with two attached hydrogens (primary N) is 1. The first-order valence-corrected chi connectivity index (χ1v) is 6.90. The molecule has 1 amide bonds. The Kier molecular flexibility index (Phi) is 6.89. The zero-order valence-corrected chi connectivity index (χ0v) is 11.8. The van der Waals surface area contributed by atoms with E-state index in [9.17, 15) is 4.79 Å². The monoisotopic (exact) mass is 264 g/mol. The van der Waals surface area contributed by atoms with E-state index in [1.54, 1.807) is 18.5 Å². The van der Waals surface area contributed by atoms with Crippen LogP contribution >= 0.6 is 0 Å². The predicted octanol–water partition coefficient (Wildman–Crippen LogP) is 2.46. The lowest BCUT2D eigenvalue weighted by atomic mass is 10.1. The summed E-state index contributed by atoms with van der Waals surface area (Å²) in [6.45, 7) is 4.22. The Morgan fingerprint density at radius 3 is 2.89 bits per heavy atom. The van der Waals surface area contributed by atoms with Crippen LogP contribution in [0.15, 0.2) is 18.5 Å². The quantitative estimate of drug-likeness (QED) is 0.383. The Morgan fingerprint density at radius 1 is 1.42 bits per heavy atom. The average molecular weight is 264 g/mol. The molecule has 0 aromatic carbocycles. The van der Waals surface area contributed by atoms with E-state index in [2.05, 4.69) is 22.7 Å². The van der Waals surface area contributed by atoms with E-state index < -0.39 is 0 Å². The van der Waals surface area contributed by atoms with E-state index in [-0.39, 0.29) is 11.9 Å². The highest BCUT2D eigenvalue weighted by Gasteiger charge is 2.13. The number of rotatable bonds is 8. The van der Waals surface area contributed by atoms with Crippen LogP contribution in [0.1, 0.15) is 56.3 Å². The fraction of sp³-hybridized carbons (Fsp3) is 0.571. The number of hydrazine groups is 1. The molecule has 1 aromatic rings. The fourth-order valence-corrected chi connectivity index (χ4v) is 1.96. The maximum Gasteiger partial charge on any atom is 0.253 e. The number of pyridine rings is 1. The largest absolute Gasteiger partial charge is 0.350 e. The number of carbonyl (C=O) groups excluding carboxylic acids is 1. The van der Waals surface area contributed by atoms with Crippen molar-refractivity contribution in [2.75, 3.05) is 5.43 Å². The van der Waals surface area contributed by atoms with Gasteiger partial charge in [0.05, 0.1) is 17.4 Å². The van der Waals surface area contributed by atoms with E-state index >= 15 is 0 Å². The average Bonchev–Trinajstić information content (AvgIpc) is 2.43. The first-order chi connectivity index (χ1) is 9.19. The number of anilines is 1. The van der Waals surface area contributed by atoms with E-state index in [4.69, 9.17) is 5.84 Å². The van der Waals surface area contributed by atoms with Gasteiger partial charge in [-0.2, -0.15) is 0 Å². The van der Waals surface area contributed by atoms with Gasteiger partial charge in [-0.25, -0.2) is 0 Å². The van der Waals surface area contributed by atoms with Crippen molar-refractivity contribution in [1.82, 2.24) is 10.3 Å². The van der Waals surface area contributed by atoms with Crippen LogP contribution in [-0.2, 0) is 0 Å². The molecule has 1 atom stereocenters. The van der Waals surface area contributed by atoms with Crippen molar-refractivity contribution in [3.63, 3.8) is 0 Å². The van der Waals surface area contributed by atoms with Gasteiger partial charge in [-0.3, -0.25) is 15.6 Å². The summed E-state index contributed by atoms with van der Waals surface area (Å²) in [4.78, 5) is 16.0. The van der Waals surface area contributed by atoms with Crippen LogP contribution in [0.25, 0.3) is 0 Å². The first-order valence-electron chi connectivity index (χ1n) is 6.90. The predicted molar refractivity (Wildman–Crippen MR) is 77.7 cm³/mol. The standard InChI is InChI=1S/C14H24N4O/c1-3-4-5-6-7-11(2)17-14(19)12-8-9-16-10-13(12)18-15/h8-11,18H,3-7,15H2,1-2H3,(H,17,19). The summed E-state index contributed by atoms with van der Waals surface area (Å²) in [6.07, 6.45) is 8.98. The lowest BCUT2D eigenvalue weighted by molar-refractivity contribution is 0.0938. The van der Waals surface area contributed by atoms with Crippen LogP contribution < -0.4 is 16.6 Å². The van der Waals surface area contributed by atoms with E-state index in [0.29, 0.717) is 11.3 Å². The third-order valence-electron chi connectivity index (χ3n) is 3.09. The Balaban J connectivity index is 2.45. The van der Waals surface area contributed by atoms with Gasteiger partial charge in [0, 0.05) is 12.2 Å². The molecule has 4 N–H and O–H groups in total. The molecule has 0 aliphatic carbocycles. The van der Waals surface area contributed by atoms with Gasteiger partial charge in [-0.05, 0) is 19.4 Å². The molecule has 19 heavy (non-hydrogen) atoms. The second-order valence-electron chi connectivity index (χ2n) is 4.79. The zero-order valence-electron chi connectivity index (χ0n) is 11.8. The second-order valence-corrected chi connectivity index (χ2v) is 4.79. The number of nitrogens with one attached hydrogen (secondary N) is 2. The molecule has 1 aromatic heterocycles. The highest BCUT2D eigenvalue weighted by atomic mass is 16.1. The highest BCUT2D eigenvalue weighted by molar-refractivity contribution is 5.99. The summed E-state index contributed by atoms with van der Waals surface area (Å²) in [7, 11) is 0. The molecule has 0 fully saturated rings. The Morgan fingerprint density at radius 2 is 2.21 bits per heavy atom. The lowest BCUT2D eigenvalue weighted by Crippen LogP contribution is -2.33. The highest BCUT2D eigenvalue weighted by Crippen LogP contribution is 2.12. The van der Waals surface area contributed by atoms with Crippen molar-refractivity contribution in [2.24, 2.45) is 5.84 Å². The van der Waals surface area contributed by atoms with Crippen molar-refractivity contribution in [3.05, 3.63) is 24.0 Å². The normalized spacial score (nSPS) is 11.9. The number of hydrogen-bond donors (Lipinski definition) is 3. The Hall–Kier alpha value is -1.62. The number of nitrogen functional groups attached to an aromatic ring is 1. The number of carbonyl (C=O) groups is 1. The van der Waals surface area contributed by atoms with Gasteiger partial charge in [0.2, 0.25) is 0 Å². The van der Waals surface area contributed by atoms with Crippen LogP contribution in [0.3, 0.4) is 0 Å². The maximum atomic E-state index is 12.1. The summed E-state index contributed by atoms with van der Waals surface area (Å²) in [6, 6.07) is 1.83. The molecule has 1 unspecified atom stereocenters. The summed E-state index contributed by atoms with van der Waals surface area (Å²) >= 11 is 0. The molecule has 5 nitrogen and oxygen atoms in total. The first kappa shape index (κ1) is 15.4. The molecular formula is C14H24N4O. The minimum atomic E-state index is -0.113. The molecule has 0 bridgehead atoms. The molecular weight excluding hydrogens is 240 g/mol. The third-order valence-corrected chi connectivity index (χ3v) is 3.09. The van der Waals surface area contributed by atoms with Crippen molar-refractivity contribution >= 4 is 11.6 Å². The Bertz CT molecular complexity index is 395. The molecule has 0 saturated carbocycles. The molecule has 0 saturated heterocycles. The summed E-state index contributed by atoms with van der Waals surface area (Å²) in [5.74, 6) is 5.25. The smallest absolute Gasteiger partial charge is 0.253 e. The van der Waals surface area contributed by atoms with E-state index in [1.807, 2.05) is 6.92 Å². The molecule has 0 aliphatic heterocycles. The van der Waals surface area contributed by atoms with Crippen molar-refractivity contribution < 1.29 is 4.79 Å². The minimum Gasteiger partial charge on any atom is -0.350 e. The van der Waals surface area contributed by atoms with Gasteiger partial charge >= 0.3 is 0 Å². The maximum absolute atomic E-state index is 12.1. The molecule has 0 radical (unpaired) electrons. The van der Waals surface area contributed by atoms with Crippen LogP contribution in [-0.4, -0.2) is 16.9 Å². The molecule has 5 heteroatoms. The minimum absolute atomic E-state index is 0.113. The van der Waals surface area contributed by atoms with E-state index in [1.165, 1.54) is 19.3 Å². The Labute approximate surface area is 115 Å². The number of aromatic nitrogens is 1. The summed E-state index contributed by atoms with van der Waals surface area (Å²) in [5, 5.41) is 2.99. The number of nitrogens with zero attached hydrogens (tertiary/aromatic N) is 1. The van der Waals surface area contributed by atoms with Crippen molar-refractivity contribution in [3.8, 4) is 0 Å². The summed E-state index contributed by atoms with van der Waals surface area (Å²) < 4.78 is 0. The van der Waals surface area contributed by atoms with Gasteiger partial charge in [-0.15, -0.1) is 0 Å². The third kappa shape index (κ3) is 5.26. The number of hydrogen-bond acceptors (Lipinski definition) is 4. The van der Waals surface area contributed by atoms with Gasteiger partial charge in [0.15, 0.2) is 0 Å². The van der Waals surface area contributed by atoms with Gasteiger partial charge < -0.3 is 10.7 Å². The van der Waals surface area contributed by atoms with Crippen LogP contribution in [0.4, 0.5) is 5.69 Å². The van der Waals surface area contributed by atoms with Crippen LogP contribution in [0.2, 0.25) is 0 Å². The molecule has 0 spiro atoms. The number of unbranched alkanes of at least 4 members (excludes halogenated alkanes) is 3. The zero-order chi connectivity index (χ0) is 14.1. The van der Waals surface area contributed by atoms with Crippen LogP contribution in [0, 0.1) is 0 Å². The molecule has 1 rings (SSSR count). The van der Waals surface area contributed by atoms with Crippen LogP contribution in [0.5, 0.6) is 0 Å². The van der Waals surface area contributed by atoms with Crippen molar-refractivity contribution in [1.29, 1.82) is 0 Å².